The highest BCUT2D eigenvalue weighted by Crippen LogP contribution is 2.34. The van der Waals surface area contributed by atoms with Gasteiger partial charge in [-0.25, -0.2) is 9.88 Å². The summed E-state index contributed by atoms with van der Waals surface area (Å²) in [5.41, 5.74) is 3.17. The fourth-order valence-corrected chi connectivity index (χ4v) is 6.62. The fraction of sp³-hybridized carbons (Fsp3) is 0.133. The first-order chi connectivity index (χ1) is 19.8. The Bertz CT molecular complexity index is 1810. The van der Waals surface area contributed by atoms with E-state index in [-0.39, 0.29) is 24.2 Å². The molecule has 0 spiro atoms. The van der Waals surface area contributed by atoms with Crippen LogP contribution in [0.1, 0.15) is 27.2 Å². The Morgan fingerprint density at radius 3 is 2.61 bits per heavy atom. The van der Waals surface area contributed by atoms with Crippen molar-refractivity contribution in [3.63, 3.8) is 0 Å². The van der Waals surface area contributed by atoms with Gasteiger partial charge in [0.05, 0.1) is 33.8 Å². The molecule has 1 atom stereocenters. The zero-order valence-electron chi connectivity index (χ0n) is 21.7. The number of carbonyl (C=O) groups excluding carboxylic acids is 3. The van der Waals surface area contributed by atoms with Crippen LogP contribution < -0.4 is 4.90 Å². The fourth-order valence-electron chi connectivity index (χ4n) is 4.85. The van der Waals surface area contributed by atoms with E-state index in [0.29, 0.717) is 5.69 Å². The summed E-state index contributed by atoms with van der Waals surface area (Å²) in [6.45, 7) is 2.12. The van der Waals surface area contributed by atoms with Crippen LogP contribution in [0.25, 0.3) is 20.8 Å². The Labute approximate surface area is 242 Å². The van der Waals surface area contributed by atoms with E-state index >= 15 is 0 Å². The van der Waals surface area contributed by atoms with Gasteiger partial charge in [-0.1, -0.05) is 18.2 Å². The molecule has 41 heavy (non-hydrogen) atoms. The molecule has 1 aliphatic heterocycles. The third-order valence-corrected chi connectivity index (χ3v) is 8.81. The number of anilines is 1. The second-order valence-corrected chi connectivity index (χ2v) is 11.7. The number of nitro groups is 1. The van der Waals surface area contributed by atoms with Crippen molar-refractivity contribution in [2.45, 2.75) is 25.9 Å². The number of amides is 3. The molecule has 3 heterocycles. The van der Waals surface area contributed by atoms with Gasteiger partial charge in [-0.15, -0.1) is 22.7 Å². The number of non-ortho nitro benzene ring substituents is 1. The Morgan fingerprint density at radius 1 is 1.07 bits per heavy atom. The van der Waals surface area contributed by atoms with Crippen molar-refractivity contribution in [3.05, 3.63) is 110 Å². The highest BCUT2D eigenvalue weighted by Gasteiger charge is 2.44. The molecule has 1 aliphatic rings. The minimum absolute atomic E-state index is 0.0739. The predicted molar refractivity (Wildman–Crippen MR) is 158 cm³/mol. The van der Waals surface area contributed by atoms with Crippen LogP contribution in [0.15, 0.2) is 84.2 Å². The van der Waals surface area contributed by atoms with E-state index in [1.54, 1.807) is 23.5 Å². The van der Waals surface area contributed by atoms with E-state index in [0.717, 1.165) is 36.1 Å². The van der Waals surface area contributed by atoms with E-state index in [1.165, 1.54) is 40.5 Å². The van der Waals surface area contributed by atoms with Gasteiger partial charge >= 0.3 is 0 Å². The zero-order chi connectivity index (χ0) is 28.7. The number of aryl methyl sites for hydroxylation is 1. The number of carbonyl (C=O) groups is 3. The van der Waals surface area contributed by atoms with Crippen LogP contribution in [0.2, 0.25) is 0 Å². The third-order valence-electron chi connectivity index (χ3n) is 6.89. The maximum Gasteiger partial charge on any atom is 0.270 e. The summed E-state index contributed by atoms with van der Waals surface area (Å²) >= 11 is 2.98. The number of thiophene rings is 1. The van der Waals surface area contributed by atoms with Gasteiger partial charge in [0.15, 0.2) is 0 Å². The first kappa shape index (κ1) is 26.5. The molecule has 0 saturated carbocycles. The molecule has 2 aromatic heterocycles. The molecular weight excluding hydrogens is 560 g/mol. The molecule has 3 aromatic carbocycles. The van der Waals surface area contributed by atoms with Gasteiger partial charge < -0.3 is 4.90 Å². The van der Waals surface area contributed by atoms with Gasteiger partial charge in [0.1, 0.15) is 11.0 Å². The van der Waals surface area contributed by atoms with E-state index in [9.17, 15) is 24.5 Å². The monoisotopic (exact) mass is 582 g/mol. The number of hydrogen-bond acceptors (Lipinski definition) is 8. The Balaban J connectivity index is 1.28. The van der Waals surface area contributed by atoms with Gasteiger partial charge in [-0.05, 0) is 66.4 Å². The van der Waals surface area contributed by atoms with Gasteiger partial charge in [-0.2, -0.15) is 0 Å². The highest BCUT2D eigenvalue weighted by molar-refractivity contribution is 7.21. The number of rotatable bonds is 7. The quantitative estimate of drug-likeness (QED) is 0.128. The smallest absolute Gasteiger partial charge is 0.270 e. The molecule has 5 aromatic rings. The lowest BCUT2D eigenvalue weighted by Crippen LogP contribution is -2.45. The van der Waals surface area contributed by atoms with Crippen LogP contribution in [0.4, 0.5) is 11.4 Å². The molecule has 11 heteroatoms. The van der Waals surface area contributed by atoms with Crippen molar-refractivity contribution in [3.8, 4) is 10.6 Å². The molecule has 9 nitrogen and oxygen atoms in total. The van der Waals surface area contributed by atoms with Crippen molar-refractivity contribution < 1.29 is 19.3 Å². The number of benzene rings is 3. The Morgan fingerprint density at radius 2 is 1.88 bits per heavy atom. The van der Waals surface area contributed by atoms with Crippen molar-refractivity contribution in [1.29, 1.82) is 0 Å². The average molecular weight is 583 g/mol. The minimum Gasteiger partial charge on any atom is -0.321 e. The van der Waals surface area contributed by atoms with Gasteiger partial charge in [0, 0.05) is 28.1 Å². The summed E-state index contributed by atoms with van der Waals surface area (Å²) < 4.78 is 1.08. The van der Waals surface area contributed by atoms with Gasteiger partial charge in [-0.3, -0.25) is 24.5 Å². The first-order valence-corrected chi connectivity index (χ1v) is 14.4. The number of thiazole rings is 1. The van der Waals surface area contributed by atoms with Crippen LogP contribution in [-0.4, -0.2) is 38.6 Å². The summed E-state index contributed by atoms with van der Waals surface area (Å²) in [6.07, 6.45) is -0.191. The molecule has 1 saturated heterocycles. The summed E-state index contributed by atoms with van der Waals surface area (Å²) in [5.74, 6) is -1.50. The maximum absolute atomic E-state index is 13.7. The van der Waals surface area contributed by atoms with Crippen LogP contribution in [0.3, 0.4) is 0 Å². The number of fused-ring (bicyclic) bond motifs is 1. The molecule has 0 bridgehead atoms. The number of nitro benzene ring substituents is 1. The van der Waals surface area contributed by atoms with Gasteiger partial charge in [0.2, 0.25) is 5.91 Å². The summed E-state index contributed by atoms with van der Waals surface area (Å²) in [7, 11) is 0. The third kappa shape index (κ3) is 5.12. The molecule has 6 rings (SSSR count). The average Bonchev–Trinajstić information content (AvgIpc) is 3.70. The highest BCUT2D eigenvalue weighted by atomic mass is 32.1. The van der Waals surface area contributed by atoms with Crippen LogP contribution in [0, 0.1) is 17.0 Å². The lowest BCUT2D eigenvalue weighted by molar-refractivity contribution is -0.384. The maximum atomic E-state index is 13.7. The molecule has 3 amide bonds. The largest absolute Gasteiger partial charge is 0.321 e. The second-order valence-electron chi connectivity index (χ2n) is 9.64. The van der Waals surface area contributed by atoms with Crippen LogP contribution >= 0.6 is 22.7 Å². The topological polar surface area (TPSA) is 114 Å². The van der Waals surface area contributed by atoms with Crippen LogP contribution in [0.5, 0.6) is 0 Å². The summed E-state index contributed by atoms with van der Waals surface area (Å²) in [5, 5.41) is 14.0. The lowest BCUT2D eigenvalue weighted by atomic mass is 10.1. The number of hydrogen-bond donors (Lipinski definition) is 0. The van der Waals surface area contributed by atoms with E-state index in [1.807, 2.05) is 48.7 Å². The standard InChI is InChI=1S/C30H22N4O5S2/c1-18-7-12-24-26(14-18)41-28(31-24)19-8-10-21(11-9-19)33-27(35)16-25(30(33)37)32(17-23-6-3-13-40-23)29(36)20-4-2-5-22(15-20)34(38)39/h2-15,25H,16-17H2,1H3. The molecule has 1 fully saturated rings. The summed E-state index contributed by atoms with van der Waals surface area (Å²) in [6, 6.07) is 21.1. The Hall–Kier alpha value is -4.74. The summed E-state index contributed by atoms with van der Waals surface area (Å²) in [4.78, 5) is 59.2. The molecule has 1 unspecified atom stereocenters. The predicted octanol–water partition coefficient (Wildman–Crippen LogP) is 6.22. The first-order valence-electron chi connectivity index (χ1n) is 12.7. The van der Waals surface area contributed by atoms with Crippen molar-refractivity contribution >= 4 is 62.0 Å². The number of aromatic nitrogens is 1. The Kier molecular flexibility index (Phi) is 6.90. The minimum atomic E-state index is -1.05. The molecule has 0 radical (unpaired) electrons. The number of imide groups is 1. The molecule has 204 valence electrons. The second kappa shape index (κ2) is 10.7. The van der Waals surface area contributed by atoms with E-state index < -0.39 is 28.7 Å². The van der Waals surface area contributed by atoms with Crippen LogP contribution in [-0.2, 0) is 16.1 Å². The zero-order valence-corrected chi connectivity index (χ0v) is 23.4. The SMILES string of the molecule is Cc1ccc2nc(-c3ccc(N4C(=O)CC(N(Cc5cccs5)C(=O)c5cccc([N+](=O)[O-])c5)C4=O)cc3)sc2c1. The van der Waals surface area contributed by atoms with E-state index in [4.69, 9.17) is 4.98 Å². The molecular formula is C30H22N4O5S2. The molecule has 0 N–H and O–H groups in total. The lowest BCUT2D eigenvalue weighted by Gasteiger charge is -2.27. The normalized spacial score (nSPS) is 15.0. The van der Waals surface area contributed by atoms with Crippen molar-refractivity contribution in [2.24, 2.45) is 0 Å². The van der Waals surface area contributed by atoms with E-state index in [2.05, 4.69) is 6.07 Å². The number of nitrogens with zero attached hydrogens (tertiary/aromatic N) is 4. The van der Waals surface area contributed by atoms with Gasteiger partial charge in [0.25, 0.3) is 17.5 Å². The van der Waals surface area contributed by atoms with Crippen molar-refractivity contribution in [1.82, 2.24) is 9.88 Å². The molecule has 0 aliphatic carbocycles. The van der Waals surface area contributed by atoms with Crippen molar-refractivity contribution in [2.75, 3.05) is 4.90 Å².